The molecule has 0 spiro atoms. The molecule has 2 aromatic rings. The highest BCUT2D eigenvalue weighted by molar-refractivity contribution is 7.13. The maximum atomic E-state index is 10.3. The quantitative estimate of drug-likeness (QED) is 0.860. The molecule has 1 atom stereocenters. The molecule has 0 amide bonds. The van der Waals surface area contributed by atoms with Crippen LogP contribution in [0.3, 0.4) is 0 Å². The van der Waals surface area contributed by atoms with E-state index in [0.717, 1.165) is 47.9 Å². The summed E-state index contributed by atoms with van der Waals surface area (Å²) < 4.78 is 5.49. The van der Waals surface area contributed by atoms with Crippen LogP contribution in [0.15, 0.2) is 29.6 Å². The SMILES string of the molecule is CCOc1ccc(-c2nc(CN3CCC[C@@H]3C(C)(C)O)cs2)cc1. The van der Waals surface area contributed by atoms with Gasteiger partial charge in [0.25, 0.3) is 0 Å². The van der Waals surface area contributed by atoms with Crippen molar-refractivity contribution in [1.82, 2.24) is 9.88 Å². The minimum atomic E-state index is -0.662. The van der Waals surface area contributed by atoms with Gasteiger partial charge in [-0.2, -0.15) is 0 Å². The van der Waals surface area contributed by atoms with Gasteiger partial charge in [0, 0.05) is 23.5 Å². The third kappa shape index (κ3) is 3.97. The second-order valence-electron chi connectivity index (χ2n) is 6.88. The van der Waals surface area contributed by atoms with Gasteiger partial charge in [-0.05, 0) is 64.4 Å². The van der Waals surface area contributed by atoms with Crippen LogP contribution in [0.4, 0.5) is 0 Å². The molecule has 1 saturated heterocycles. The molecular formula is C19H26N2O2S. The Balaban J connectivity index is 1.69. The normalized spacial score (nSPS) is 18.9. The summed E-state index contributed by atoms with van der Waals surface area (Å²) in [7, 11) is 0. The number of thiazole rings is 1. The summed E-state index contributed by atoms with van der Waals surface area (Å²) in [5.41, 5.74) is 1.54. The van der Waals surface area contributed by atoms with E-state index in [1.165, 1.54) is 0 Å². The molecular weight excluding hydrogens is 320 g/mol. The van der Waals surface area contributed by atoms with Crippen molar-refractivity contribution in [3.8, 4) is 16.3 Å². The summed E-state index contributed by atoms with van der Waals surface area (Å²) >= 11 is 1.67. The number of benzene rings is 1. The lowest BCUT2D eigenvalue weighted by Gasteiger charge is -2.33. The monoisotopic (exact) mass is 346 g/mol. The number of nitrogens with zero attached hydrogens (tertiary/aromatic N) is 2. The van der Waals surface area contributed by atoms with Gasteiger partial charge in [-0.15, -0.1) is 11.3 Å². The number of rotatable bonds is 6. The highest BCUT2D eigenvalue weighted by Gasteiger charge is 2.35. The zero-order valence-corrected chi connectivity index (χ0v) is 15.5. The molecule has 0 bridgehead atoms. The van der Waals surface area contributed by atoms with Gasteiger partial charge < -0.3 is 9.84 Å². The van der Waals surface area contributed by atoms with Crippen LogP contribution in [-0.4, -0.2) is 39.8 Å². The number of likely N-dealkylation sites (tertiary alicyclic amines) is 1. The zero-order chi connectivity index (χ0) is 17.2. The van der Waals surface area contributed by atoms with Crippen LogP contribution in [0, 0.1) is 0 Å². The average molecular weight is 346 g/mol. The summed E-state index contributed by atoms with van der Waals surface area (Å²) in [6.45, 7) is 8.32. The van der Waals surface area contributed by atoms with Crippen molar-refractivity contribution in [3.63, 3.8) is 0 Å². The van der Waals surface area contributed by atoms with E-state index < -0.39 is 5.60 Å². The van der Waals surface area contributed by atoms with E-state index in [9.17, 15) is 5.11 Å². The molecule has 1 N–H and O–H groups in total. The topological polar surface area (TPSA) is 45.6 Å². The predicted molar refractivity (Wildman–Crippen MR) is 98.4 cm³/mol. The molecule has 0 aliphatic carbocycles. The maximum absolute atomic E-state index is 10.3. The Bertz CT molecular complexity index is 661. The predicted octanol–water partition coefficient (Wildman–Crippen LogP) is 3.94. The van der Waals surface area contributed by atoms with Crippen LogP contribution in [0.25, 0.3) is 10.6 Å². The molecule has 24 heavy (non-hydrogen) atoms. The van der Waals surface area contributed by atoms with Crippen LogP contribution < -0.4 is 4.74 Å². The molecule has 130 valence electrons. The molecule has 0 unspecified atom stereocenters. The fourth-order valence-corrected chi connectivity index (χ4v) is 4.21. The first kappa shape index (κ1) is 17.4. The van der Waals surface area contributed by atoms with E-state index in [4.69, 9.17) is 9.72 Å². The molecule has 2 heterocycles. The number of hydrogen-bond donors (Lipinski definition) is 1. The van der Waals surface area contributed by atoms with E-state index in [1.54, 1.807) is 11.3 Å². The summed E-state index contributed by atoms with van der Waals surface area (Å²) in [6, 6.07) is 8.31. The van der Waals surface area contributed by atoms with Gasteiger partial charge in [-0.25, -0.2) is 4.98 Å². The van der Waals surface area contributed by atoms with Crippen LogP contribution in [0.1, 0.15) is 39.3 Å². The maximum Gasteiger partial charge on any atom is 0.123 e. The summed E-state index contributed by atoms with van der Waals surface area (Å²) in [4.78, 5) is 7.15. The fourth-order valence-electron chi connectivity index (χ4n) is 3.40. The Morgan fingerprint density at radius 3 is 2.75 bits per heavy atom. The molecule has 0 saturated carbocycles. The van der Waals surface area contributed by atoms with Gasteiger partial charge >= 0.3 is 0 Å². The summed E-state index contributed by atoms with van der Waals surface area (Å²) in [5.74, 6) is 0.892. The fraction of sp³-hybridized carbons (Fsp3) is 0.526. The average Bonchev–Trinajstić information content (AvgIpc) is 3.18. The molecule has 1 aliphatic heterocycles. The highest BCUT2D eigenvalue weighted by Crippen LogP contribution is 2.30. The van der Waals surface area contributed by atoms with Crippen LogP contribution >= 0.6 is 11.3 Å². The summed E-state index contributed by atoms with van der Waals surface area (Å²) in [5, 5.41) is 13.5. The van der Waals surface area contributed by atoms with Crippen molar-refractivity contribution >= 4 is 11.3 Å². The Kier molecular flexibility index (Phi) is 5.23. The molecule has 4 nitrogen and oxygen atoms in total. The number of ether oxygens (including phenoxy) is 1. The molecule has 1 aromatic heterocycles. The van der Waals surface area contributed by atoms with Crippen molar-refractivity contribution in [2.45, 2.75) is 51.8 Å². The molecule has 1 aromatic carbocycles. The lowest BCUT2D eigenvalue weighted by molar-refractivity contribution is -0.00530. The van der Waals surface area contributed by atoms with Gasteiger partial charge in [-0.3, -0.25) is 4.90 Å². The van der Waals surface area contributed by atoms with E-state index in [0.29, 0.717) is 6.61 Å². The van der Waals surface area contributed by atoms with Gasteiger partial charge in [0.1, 0.15) is 10.8 Å². The van der Waals surface area contributed by atoms with Crippen LogP contribution in [0.5, 0.6) is 5.75 Å². The third-order valence-corrected chi connectivity index (χ3v) is 5.45. The Morgan fingerprint density at radius 1 is 1.33 bits per heavy atom. The number of hydrogen-bond acceptors (Lipinski definition) is 5. The second-order valence-corrected chi connectivity index (χ2v) is 7.74. The first-order valence-corrected chi connectivity index (χ1v) is 9.49. The first-order valence-electron chi connectivity index (χ1n) is 8.61. The standard InChI is InChI=1S/C19H26N2O2S/c1-4-23-16-9-7-14(8-10-16)18-20-15(13-24-18)12-21-11-5-6-17(21)19(2,3)22/h7-10,13,17,22H,4-6,11-12H2,1-3H3/t17-/m1/s1. The van der Waals surface area contributed by atoms with Crippen molar-refractivity contribution in [1.29, 1.82) is 0 Å². The van der Waals surface area contributed by atoms with E-state index in [1.807, 2.05) is 32.9 Å². The van der Waals surface area contributed by atoms with Crippen LogP contribution in [-0.2, 0) is 6.54 Å². The molecule has 0 radical (unpaired) electrons. The Morgan fingerprint density at radius 2 is 2.08 bits per heavy atom. The van der Waals surface area contributed by atoms with Crippen molar-refractivity contribution in [2.24, 2.45) is 0 Å². The smallest absolute Gasteiger partial charge is 0.123 e. The van der Waals surface area contributed by atoms with Gasteiger partial charge in [-0.1, -0.05) is 0 Å². The van der Waals surface area contributed by atoms with Gasteiger partial charge in [0.2, 0.25) is 0 Å². The van der Waals surface area contributed by atoms with Gasteiger partial charge in [0.15, 0.2) is 0 Å². The van der Waals surface area contributed by atoms with E-state index in [-0.39, 0.29) is 6.04 Å². The highest BCUT2D eigenvalue weighted by atomic mass is 32.1. The first-order chi connectivity index (χ1) is 11.5. The number of aliphatic hydroxyl groups is 1. The number of aromatic nitrogens is 1. The lowest BCUT2D eigenvalue weighted by atomic mass is 9.96. The summed E-state index contributed by atoms with van der Waals surface area (Å²) in [6.07, 6.45) is 2.20. The van der Waals surface area contributed by atoms with Crippen molar-refractivity contribution in [3.05, 3.63) is 35.3 Å². The van der Waals surface area contributed by atoms with E-state index in [2.05, 4.69) is 22.4 Å². The third-order valence-electron chi connectivity index (χ3n) is 4.51. The second kappa shape index (κ2) is 7.21. The van der Waals surface area contributed by atoms with Gasteiger partial charge in [0.05, 0.1) is 17.9 Å². The minimum Gasteiger partial charge on any atom is -0.494 e. The van der Waals surface area contributed by atoms with Crippen molar-refractivity contribution < 1.29 is 9.84 Å². The molecule has 1 aliphatic rings. The molecule has 3 rings (SSSR count). The van der Waals surface area contributed by atoms with Crippen LogP contribution in [0.2, 0.25) is 0 Å². The Labute approximate surface area is 148 Å². The largest absolute Gasteiger partial charge is 0.494 e. The Hall–Kier alpha value is -1.43. The molecule has 5 heteroatoms. The van der Waals surface area contributed by atoms with E-state index >= 15 is 0 Å². The molecule has 1 fully saturated rings. The zero-order valence-electron chi connectivity index (χ0n) is 14.7. The van der Waals surface area contributed by atoms with Crippen molar-refractivity contribution in [2.75, 3.05) is 13.2 Å². The minimum absolute atomic E-state index is 0.216. The lowest BCUT2D eigenvalue weighted by Crippen LogP contribution is -2.45.